The Bertz CT molecular complexity index is 305. The summed E-state index contributed by atoms with van der Waals surface area (Å²) in [6, 6.07) is 3.97. The van der Waals surface area contributed by atoms with Gasteiger partial charge in [-0.15, -0.1) is 0 Å². The molecule has 0 N–H and O–H groups in total. The van der Waals surface area contributed by atoms with Crippen LogP contribution >= 0.6 is 11.6 Å². The predicted octanol–water partition coefficient (Wildman–Crippen LogP) is 3.78. The van der Waals surface area contributed by atoms with E-state index in [1.807, 2.05) is 12.1 Å². The third-order valence-corrected chi connectivity index (χ3v) is 2.46. The minimum atomic E-state index is 0.506. The van der Waals surface area contributed by atoms with Crippen LogP contribution in [0.2, 0.25) is 5.02 Å². The molecule has 0 aromatic heterocycles. The third-order valence-electron chi connectivity index (χ3n) is 2.16. The van der Waals surface area contributed by atoms with Gasteiger partial charge < -0.3 is 4.74 Å². The smallest absolute Gasteiger partial charge is 0.137 e. The summed E-state index contributed by atoms with van der Waals surface area (Å²) in [6.07, 6.45) is 0. The van der Waals surface area contributed by atoms with Crippen molar-refractivity contribution in [1.29, 1.82) is 0 Å². The molecule has 1 aromatic rings. The van der Waals surface area contributed by atoms with Crippen LogP contribution in [-0.2, 0) is 0 Å². The molecule has 0 amide bonds. The first-order valence-electron chi connectivity index (χ1n) is 4.40. The summed E-state index contributed by atoms with van der Waals surface area (Å²) < 4.78 is 5.16. The molecule has 72 valence electrons. The number of hydrogen-bond donors (Lipinski definition) is 0. The molecule has 0 bridgehead atoms. The SMILES string of the molecule is COc1cc(C(C)C)c(C)cc1Cl. The molecule has 0 unspecified atom stereocenters. The second-order valence-corrected chi connectivity index (χ2v) is 3.91. The molecule has 0 saturated heterocycles. The molecule has 0 aliphatic heterocycles. The molecule has 1 rings (SSSR count). The number of halogens is 1. The minimum absolute atomic E-state index is 0.506. The summed E-state index contributed by atoms with van der Waals surface area (Å²) in [5, 5.41) is 0.685. The second-order valence-electron chi connectivity index (χ2n) is 3.50. The Balaban J connectivity index is 3.22. The Morgan fingerprint density at radius 3 is 2.38 bits per heavy atom. The van der Waals surface area contributed by atoms with Crippen LogP contribution in [-0.4, -0.2) is 7.11 Å². The highest BCUT2D eigenvalue weighted by Gasteiger charge is 2.08. The lowest BCUT2D eigenvalue weighted by Crippen LogP contribution is -1.94. The molecule has 0 spiro atoms. The number of ether oxygens (including phenoxy) is 1. The van der Waals surface area contributed by atoms with Crippen molar-refractivity contribution in [2.45, 2.75) is 26.7 Å². The van der Waals surface area contributed by atoms with Crippen LogP contribution < -0.4 is 4.74 Å². The van der Waals surface area contributed by atoms with Crippen molar-refractivity contribution >= 4 is 11.6 Å². The van der Waals surface area contributed by atoms with E-state index in [0.717, 1.165) is 5.75 Å². The van der Waals surface area contributed by atoms with E-state index in [-0.39, 0.29) is 0 Å². The zero-order valence-corrected chi connectivity index (χ0v) is 9.27. The maximum absolute atomic E-state index is 5.98. The van der Waals surface area contributed by atoms with E-state index >= 15 is 0 Å². The van der Waals surface area contributed by atoms with Gasteiger partial charge in [0.25, 0.3) is 0 Å². The van der Waals surface area contributed by atoms with Gasteiger partial charge in [0.1, 0.15) is 5.75 Å². The number of benzene rings is 1. The van der Waals surface area contributed by atoms with E-state index in [9.17, 15) is 0 Å². The highest BCUT2D eigenvalue weighted by molar-refractivity contribution is 6.32. The zero-order chi connectivity index (χ0) is 10.0. The molecule has 1 nitrogen and oxygen atoms in total. The fraction of sp³-hybridized carbons (Fsp3) is 0.455. The van der Waals surface area contributed by atoms with Crippen molar-refractivity contribution < 1.29 is 4.74 Å². The highest BCUT2D eigenvalue weighted by Crippen LogP contribution is 2.31. The highest BCUT2D eigenvalue weighted by atomic mass is 35.5. The Labute approximate surface area is 84.7 Å². The van der Waals surface area contributed by atoms with Gasteiger partial charge in [-0.3, -0.25) is 0 Å². The third kappa shape index (κ3) is 2.16. The van der Waals surface area contributed by atoms with Crippen molar-refractivity contribution in [3.05, 3.63) is 28.3 Å². The maximum Gasteiger partial charge on any atom is 0.137 e. The fourth-order valence-electron chi connectivity index (χ4n) is 1.45. The Hall–Kier alpha value is -0.690. The minimum Gasteiger partial charge on any atom is -0.495 e. The summed E-state index contributed by atoms with van der Waals surface area (Å²) in [6.45, 7) is 6.39. The fourth-order valence-corrected chi connectivity index (χ4v) is 1.74. The number of methoxy groups -OCH3 is 1. The lowest BCUT2D eigenvalue weighted by molar-refractivity contribution is 0.414. The molecule has 13 heavy (non-hydrogen) atoms. The Kier molecular flexibility index (Phi) is 3.21. The van der Waals surface area contributed by atoms with Gasteiger partial charge in [-0.25, -0.2) is 0 Å². The first-order valence-corrected chi connectivity index (χ1v) is 4.78. The van der Waals surface area contributed by atoms with Crippen LogP contribution in [0.5, 0.6) is 5.75 Å². The zero-order valence-electron chi connectivity index (χ0n) is 8.52. The summed E-state index contributed by atoms with van der Waals surface area (Å²) in [5.41, 5.74) is 2.52. The summed E-state index contributed by atoms with van der Waals surface area (Å²) in [7, 11) is 1.64. The quantitative estimate of drug-likeness (QED) is 0.703. The first-order chi connectivity index (χ1) is 6.06. The number of hydrogen-bond acceptors (Lipinski definition) is 1. The van der Waals surface area contributed by atoms with Gasteiger partial charge >= 0.3 is 0 Å². The van der Waals surface area contributed by atoms with Crippen molar-refractivity contribution in [2.75, 3.05) is 7.11 Å². The lowest BCUT2D eigenvalue weighted by Gasteiger charge is -2.12. The second kappa shape index (κ2) is 4.01. The summed E-state index contributed by atoms with van der Waals surface area (Å²) >= 11 is 5.98. The van der Waals surface area contributed by atoms with Gasteiger partial charge in [-0.05, 0) is 36.1 Å². The molecular formula is C11H15ClO. The summed E-state index contributed by atoms with van der Waals surface area (Å²) in [4.78, 5) is 0. The number of rotatable bonds is 2. The van der Waals surface area contributed by atoms with E-state index < -0.39 is 0 Å². The van der Waals surface area contributed by atoms with E-state index in [0.29, 0.717) is 10.9 Å². The van der Waals surface area contributed by atoms with Crippen LogP contribution in [0.3, 0.4) is 0 Å². The predicted molar refractivity (Wildman–Crippen MR) is 56.8 cm³/mol. The van der Waals surface area contributed by atoms with Gasteiger partial charge in [0.05, 0.1) is 12.1 Å². The van der Waals surface area contributed by atoms with Crippen LogP contribution in [0.1, 0.15) is 30.9 Å². The monoisotopic (exact) mass is 198 g/mol. The largest absolute Gasteiger partial charge is 0.495 e. The van der Waals surface area contributed by atoms with Crippen LogP contribution in [0.4, 0.5) is 0 Å². The average molecular weight is 199 g/mol. The molecule has 0 radical (unpaired) electrons. The molecule has 2 heteroatoms. The van der Waals surface area contributed by atoms with E-state index in [4.69, 9.17) is 16.3 Å². The van der Waals surface area contributed by atoms with E-state index in [1.165, 1.54) is 11.1 Å². The van der Waals surface area contributed by atoms with Crippen molar-refractivity contribution in [1.82, 2.24) is 0 Å². The number of aryl methyl sites for hydroxylation is 1. The van der Waals surface area contributed by atoms with Crippen LogP contribution in [0.25, 0.3) is 0 Å². The maximum atomic E-state index is 5.98. The molecular weight excluding hydrogens is 184 g/mol. The van der Waals surface area contributed by atoms with Crippen LogP contribution in [0, 0.1) is 6.92 Å². The molecule has 0 aliphatic carbocycles. The molecule has 0 atom stereocenters. The summed E-state index contributed by atoms with van der Waals surface area (Å²) in [5.74, 6) is 1.27. The average Bonchev–Trinajstić information content (AvgIpc) is 2.03. The van der Waals surface area contributed by atoms with Crippen molar-refractivity contribution in [2.24, 2.45) is 0 Å². The standard InChI is InChI=1S/C11H15ClO/c1-7(2)9-6-11(13-4)10(12)5-8(9)3/h5-7H,1-4H3. The Morgan fingerprint density at radius 1 is 1.31 bits per heavy atom. The molecule has 0 fully saturated rings. The Morgan fingerprint density at radius 2 is 1.92 bits per heavy atom. The topological polar surface area (TPSA) is 9.23 Å². The van der Waals surface area contributed by atoms with Crippen molar-refractivity contribution in [3.63, 3.8) is 0 Å². The van der Waals surface area contributed by atoms with Gasteiger partial charge in [-0.1, -0.05) is 25.4 Å². The van der Waals surface area contributed by atoms with Gasteiger partial charge in [0.2, 0.25) is 0 Å². The molecule has 0 heterocycles. The molecule has 0 aliphatic rings. The first kappa shape index (κ1) is 10.4. The van der Waals surface area contributed by atoms with E-state index in [1.54, 1.807) is 7.11 Å². The van der Waals surface area contributed by atoms with Gasteiger partial charge in [0.15, 0.2) is 0 Å². The molecule has 0 saturated carbocycles. The lowest BCUT2D eigenvalue weighted by atomic mass is 9.98. The van der Waals surface area contributed by atoms with Gasteiger partial charge in [-0.2, -0.15) is 0 Å². The normalized spacial score (nSPS) is 10.6. The van der Waals surface area contributed by atoms with Gasteiger partial charge in [0, 0.05) is 0 Å². The van der Waals surface area contributed by atoms with Crippen LogP contribution in [0.15, 0.2) is 12.1 Å². The molecule has 1 aromatic carbocycles. The van der Waals surface area contributed by atoms with Crippen molar-refractivity contribution in [3.8, 4) is 5.75 Å². The van der Waals surface area contributed by atoms with E-state index in [2.05, 4.69) is 20.8 Å².